The van der Waals surface area contributed by atoms with Crippen molar-refractivity contribution in [2.45, 2.75) is 0 Å². The Hall–Kier alpha value is -1.33. The van der Waals surface area contributed by atoms with E-state index < -0.39 is 0 Å². The monoisotopic (exact) mass is 313 g/mol. The highest BCUT2D eigenvalue weighted by atomic mass is 79.9. The maximum atomic E-state index is 11.9. The van der Waals surface area contributed by atoms with E-state index in [1.165, 1.54) is 10.9 Å². The predicted molar refractivity (Wildman–Crippen MR) is 70.3 cm³/mol. The summed E-state index contributed by atoms with van der Waals surface area (Å²) in [6, 6.07) is 7.29. The maximum absolute atomic E-state index is 11.9. The number of carbonyl (C=O) groups excluding carboxylic acids is 1. The Labute approximate surface area is 112 Å². The third-order valence-corrected chi connectivity index (χ3v) is 3.02. The normalized spacial score (nSPS) is 10.3. The highest BCUT2D eigenvalue weighted by molar-refractivity contribution is 9.10. The van der Waals surface area contributed by atoms with Gasteiger partial charge in [-0.05, 0) is 24.3 Å². The molecule has 0 saturated heterocycles. The van der Waals surface area contributed by atoms with Gasteiger partial charge in [0.15, 0.2) is 0 Å². The zero-order valence-corrected chi connectivity index (χ0v) is 11.3. The van der Waals surface area contributed by atoms with E-state index >= 15 is 0 Å². The Kier molecular flexibility index (Phi) is 3.49. The van der Waals surface area contributed by atoms with Crippen LogP contribution in [0.2, 0.25) is 5.02 Å². The number of anilines is 1. The molecular weight excluding hydrogens is 305 g/mol. The number of amides is 1. The molecule has 0 bridgehead atoms. The number of benzene rings is 1. The highest BCUT2D eigenvalue weighted by Crippen LogP contribution is 2.18. The minimum Gasteiger partial charge on any atom is -0.321 e. The SMILES string of the molecule is Cn1ncc(Cl)c1C(=O)Nc1ccc(Br)cc1. The van der Waals surface area contributed by atoms with Crippen LogP contribution in [0.25, 0.3) is 0 Å². The molecule has 1 N–H and O–H groups in total. The van der Waals surface area contributed by atoms with Crippen molar-refractivity contribution in [3.05, 3.63) is 45.7 Å². The molecule has 6 heteroatoms. The second-order valence-corrected chi connectivity index (χ2v) is 4.75. The molecule has 0 fully saturated rings. The zero-order valence-electron chi connectivity index (χ0n) is 8.95. The minimum absolute atomic E-state index is 0.280. The van der Waals surface area contributed by atoms with Gasteiger partial charge in [0.1, 0.15) is 5.69 Å². The van der Waals surface area contributed by atoms with Gasteiger partial charge in [-0.15, -0.1) is 0 Å². The van der Waals surface area contributed by atoms with E-state index in [4.69, 9.17) is 11.6 Å². The summed E-state index contributed by atoms with van der Waals surface area (Å²) < 4.78 is 2.39. The number of aryl methyl sites for hydroxylation is 1. The molecule has 2 rings (SSSR count). The molecule has 1 aromatic carbocycles. The number of rotatable bonds is 2. The molecule has 1 amide bonds. The van der Waals surface area contributed by atoms with Crippen molar-refractivity contribution in [2.24, 2.45) is 7.05 Å². The lowest BCUT2D eigenvalue weighted by molar-refractivity contribution is 0.101. The van der Waals surface area contributed by atoms with Gasteiger partial charge in [-0.1, -0.05) is 27.5 Å². The summed E-state index contributed by atoms with van der Waals surface area (Å²) in [7, 11) is 1.67. The zero-order chi connectivity index (χ0) is 12.4. The van der Waals surface area contributed by atoms with Crippen LogP contribution in [0.15, 0.2) is 34.9 Å². The number of aromatic nitrogens is 2. The van der Waals surface area contributed by atoms with E-state index in [1.54, 1.807) is 19.2 Å². The molecule has 0 saturated carbocycles. The standard InChI is InChI=1S/C11H9BrClN3O/c1-16-10(9(13)6-14-16)11(17)15-8-4-2-7(12)3-5-8/h2-6H,1H3,(H,15,17). The molecule has 0 spiro atoms. The Morgan fingerprint density at radius 3 is 2.59 bits per heavy atom. The van der Waals surface area contributed by atoms with Crippen molar-refractivity contribution in [1.82, 2.24) is 9.78 Å². The van der Waals surface area contributed by atoms with Crippen LogP contribution in [0.3, 0.4) is 0 Å². The molecule has 0 aliphatic heterocycles. The third-order valence-electron chi connectivity index (χ3n) is 2.21. The molecule has 2 aromatic rings. The van der Waals surface area contributed by atoms with E-state index in [9.17, 15) is 4.79 Å². The Balaban J connectivity index is 2.20. The molecule has 0 aliphatic carbocycles. The van der Waals surface area contributed by atoms with Crippen LogP contribution in [0, 0.1) is 0 Å². The first-order valence-corrected chi connectivity index (χ1v) is 5.99. The Morgan fingerprint density at radius 1 is 1.41 bits per heavy atom. The quantitative estimate of drug-likeness (QED) is 0.926. The van der Waals surface area contributed by atoms with Gasteiger partial charge in [-0.3, -0.25) is 9.48 Å². The molecule has 1 aromatic heterocycles. The first-order valence-electron chi connectivity index (χ1n) is 4.82. The summed E-state index contributed by atoms with van der Waals surface area (Å²) in [5, 5.41) is 6.99. The molecule has 0 unspecified atom stereocenters. The average Bonchev–Trinajstić information content (AvgIpc) is 2.62. The van der Waals surface area contributed by atoms with E-state index in [0.29, 0.717) is 16.4 Å². The van der Waals surface area contributed by atoms with Gasteiger partial charge >= 0.3 is 0 Å². The number of halogens is 2. The van der Waals surface area contributed by atoms with Crippen molar-refractivity contribution in [2.75, 3.05) is 5.32 Å². The predicted octanol–water partition coefficient (Wildman–Crippen LogP) is 3.09. The molecule has 17 heavy (non-hydrogen) atoms. The lowest BCUT2D eigenvalue weighted by Gasteiger charge is -2.05. The summed E-state index contributed by atoms with van der Waals surface area (Å²) in [5.41, 5.74) is 1.05. The van der Waals surface area contributed by atoms with Crippen LogP contribution >= 0.6 is 27.5 Å². The molecule has 0 radical (unpaired) electrons. The van der Waals surface area contributed by atoms with Crippen molar-refractivity contribution >= 4 is 39.1 Å². The van der Waals surface area contributed by atoms with Gasteiger partial charge in [-0.25, -0.2) is 0 Å². The molecule has 88 valence electrons. The van der Waals surface area contributed by atoms with Gasteiger partial charge in [0.05, 0.1) is 11.2 Å². The maximum Gasteiger partial charge on any atom is 0.275 e. The summed E-state index contributed by atoms with van der Waals surface area (Å²) in [6.45, 7) is 0. The third kappa shape index (κ3) is 2.68. The lowest BCUT2D eigenvalue weighted by atomic mass is 10.3. The van der Waals surface area contributed by atoms with Crippen LogP contribution in [-0.4, -0.2) is 15.7 Å². The molecule has 1 heterocycles. The minimum atomic E-state index is -0.280. The summed E-state index contributed by atoms with van der Waals surface area (Å²) >= 11 is 9.21. The van der Waals surface area contributed by atoms with E-state index in [-0.39, 0.29) is 5.91 Å². The van der Waals surface area contributed by atoms with Crippen molar-refractivity contribution in [3.63, 3.8) is 0 Å². The Bertz CT molecular complexity index is 531. The fourth-order valence-electron chi connectivity index (χ4n) is 1.39. The lowest BCUT2D eigenvalue weighted by Crippen LogP contribution is -2.16. The van der Waals surface area contributed by atoms with E-state index in [2.05, 4.69) is 26.3 Å². The summed E-state index contributed by atoms with van der Waals surface area (Å²) in [5.74, 6) is -0.280. The second kappa shape index (κ2) is 4.89. The smallest absolute Gasteiger partial charge is 0.275 e. The van der Waals surface area contributed by atoms with E-state index in [1.807, 2.05) is 12.1 Å². The number of hydrogen-bond donors (Lipinski definition) is 1. The van der Waals surface area contributed by atoms with Crippen LogP contribution in [-0.2, 0) is 7.05 Å². The number of nitrogens with zero attached hydrogens (tertiary/aromatic N) is 2. The number of hydrogen-bond acceptors (Lipinski definition) is 2. The van der Waals surface area contributed by atoms with Gasteiger partial charge in [-0.2, -0.15) is 5.10 Å². The fraction of sp³-hybridized carbons (Fsp3) is 0.0909. The van der Waals surface area contributed by atoms with Crippen LogP contribution < -0.4 is 5.32 Å². The van der Waals surface area contributed by atoms with Crippen LogP contribution in [0.4, 0.5) is 5.69 Å². The van der Waals surface area contributed by atoms with Gasteiger partial charge in [0.2, 0.25) is 0 Å². The molecule has 4 nitrogen and oxygen atoms in total. The first-order chi connectivity index (χ1) is 8.08. The van der Waals surface area contributed by atoms with Crippen LogP contribution in [0.5, 0.6) is 0 Å². The number of nitrogens with one attached hydrogen (secondary N) is 1. The highest BCUT2D eigenvalue weighted by Gasteiger charge is 2.15. The van der Waals surface area contributed by atoms with Gasteiger partial charge in [0, 0.05) is 17.2 Å². The average molecular weight is 315 g/mol. The first kappa shape index (κ1) is 12.1. The summed E-state index contributed by atoms with van der Waals surface area (Å²) in [6.07, 6.45) is 1.44. The number of carbonyl (C=O) groups is 1. The van der Waals surface area contributed by atoms with Crippen molar-refractivity contribution in [3.8, 4) is 0 Å². The largest absolute Gasteiger partial charge is 0.321 e. The van der Waals surface area contributed by atoms with Crippen molar-refractivity contribution < 1.29 is 4.79 Å². The topological polar surface area (TPSA) is 46.9 Å². The van der Waals surface area contributed by atoms with Gasteiger partial charge in [0.25, 0.3) is 5.91 Å². The van der Waals surface area contributed by atoms with Crippen LogP contribution in [0.1, 0.15) is 10.5 Å². The molecular formula is C11H9BrClN3O. The second-order valence-electron chi connectivity index (χ2n) is 3.43. The molecule has 0 aliphatic rings. The molecule has 0 atom stereocenters. The summed E-state index contributed by atoms with van der Waals surface area (Å²) in [4.78, 5) is 11.9. The van der Waals surface area contributed by atoms with Gasteiger partial charge < -0.3 is 5.32 Å². The fourth-order valence-corrected chi connectivity index (χ4v) is 1.91. The van der Waals surface area contributed by atoms with Crippen molar-refractivity contribution in [1.29, 1.82) is 0 Å². The van der Waals surface area contributed by atoms with E-state index in [0.717, 1.165) is 4.47 Å². The Morgan fingerprint density at radius 2 is 2.06 bits per heavy atom.